The van der Waals surface area contributed by atoms with Crippen molar-refractivity contribution < 1.29 is 4.79 Å². The maximum absolute atomic E-state index is 11.0. The smallest absolute Gasteiger partial charge is 0.135 e. The van der Waals surface area contributed by atoms with Gasteiger partial charge in [0.25, 0.3) is 0 Å². The Bertz CT molecular complexity index is 212. The molecular formula is C11H17NO. The molecule has 0 bridgehead atoms. The van der Waals surface area contributed by atoms with Crippen molar-refractivity contribution in [2.45, 2.75) is 38.1 Å². The molecule has 2 aliphatic rings. The molecule has 1 heterocycles. The summed E-state index contributed by atoms with van der Waals surface area (Å²) in [5.41, 5.74) is 0. The Hall–Kier alpha value is -0.630. The fourth-order valence-electron chi connectivity index (χ4n) is 2.20. The van der Waals surface area contributed by atoms with Gasteiger partial charge >= 0.3 is 0 Å². The Balaban J connectivity index is 1.89. The molecule has 0 aromatic carbocycles. The molecule has 2 nitrogen and oxygen atoms in total. The van der Waals surface area contributed by atoms with Gasteiger partial charge in [-0.25, -0.2) is 0 Å². The van der Waals surface area contributed by atoms with Crippen LogP contribution in [0.15, 0.2) is 12.2 Å². The SMILES string of the molecule is O=C1CCN(C2C=CCCC2)CC1. The van der Waals surface area contributed by atoms with Gasteiger partial charge in [0, 0.05) is 32.0 Å². The molecule has 13 heavy (non-hydrogen) atoms. The first-order chi connectivity index (χ1) is 6.36. The summed E-state index contributed by atoms with van der Waals surface area (Å²) in [6.07, 6.45) is 9.97. The Morgan fingerprint density at radius 2 is 2.08 bits per heavy atom. The summed E-state index contributed by atoms with van der Waals surface area (Å²) in [4.78, 5) is 13.5. The molecule has 1 aliphatic heterocycles. The van der Waals surface area contributed by atoms with E-state index in [4.69, 9.17) is 0 Å². The third-order valence-electron chi connectivity index (χ3n) is 3.05. The highest BCUT2D eigenvalue weighted by atomic mass is 16.1. The maximum Gasteiger partial charge on any atom is 0.135 e. The molecular weight excluding hydrogens is 162 g/mol. The Labute approximate surface area is 79.6 Å². The largest absolute Gasteiger partial charge is 0.300 e. The molecule has 0 saturated carbocycles. The van der Waals surface area contributed by atoms with Crippen LogP contribution < -0.4 is 0 Å². The van der Waals surface area contributed by atoms with E-state index in [-0.39, 0.29) is 0 Å². The van der Waals surface area contributed by atoms with Gasteiger partial charge in [0.1, 0.15) is 5.78 Å². The van der Waals surface area contributed by atoms with E-state index in [1.807, 2.05) is 0 Å². The Morgan fingerprint density at radius 1 is 1.31 bits per heavy atom. The highest BCUT2D eigenvalue weighted by molar-refractivity contribution is 5.79. The second-order valence-electron chi connectivity index (χ2n) is 4.00. The van der Waals surface area contributed by atoms with Crippen LogP contribution in [0, 0.1) is 0 Å². The number of likely N-dealkylation sites (tertiary alicyclic amines) is 1. The Morgan fingerprint density at radius 3 is 2.69 bits per heavy atom. The van der Waals surface area contributed by atoms with Gasteiger partial charge < -0.3 is 0 Å². The van der Waals surface area contributed by atoms with E-state index in [0.29, 0.717) is 11.8 Å². The van der Waals surface area contributed by atoms with Crippen LogP contribution in [-0.4, -0.2) is 29.8 Å². The maximum atomic E-state index is 11.0. The van der Waals surface area contributed by atoms with Crippen LogP contribution in [0.2, 0.25) is 0 Å². The third kappa shape index (κ3) is 2.19. The number of piperidine rings is 1. The van der Waals surface area contributed by atoms with Crippen molar-refractivity contribution in [2.75, 3.05) is 13.1 Å². The lowest BCUT2D eigenvalue weighted by molar-refractivity contribution is -0.121. The van der Waals surface area contributed by atoms with Gasteiger partial charge in [0.2, 0.25) is 0 Å². The summed E-state index contributed by atoms with van der Waals surface area (Å²) >= 11 is 0. The van der Waals surface area contributed by atoms with E-state index >= 15 is 0 Å². The topological polar surface area (TPSA) is 20.3 Å². The molecule has 72 valence electrons. The van der Waals surface area contributed by atoms with Gasteiger partial charge in [-0.3, -0.25) is 9.69 Å². The summed E-state index contributed by atoms with van der Waals surface area (Å²) < 4.78 is 0. The van der Waals surface area contributed by atoms with Crippen molar-refractivity contribution in [3.8, 4) is 0 Å². The first kappa shape index (κ1) is 8.95. The van der Waals surface area contributed by atoms with Crippen LogP contribution >= 0.6 is 0 Å². The number of ketones is 1. The van der Waals surface area contributed by atoms with Gasteiger partial charge in [-0.15, -0.1) is 0 Å². The molecule has 1 aliphatic carbocycles. The van der Waals surface area contributed by atoms with Crippen molar-refractivity contribution in [1.82, 2.24) is 4.90 Å². The Kier molecular flexibility index (Phi) is 2.79. The van der Waals surface area contributed by atoms with Crippen molar-refractivity contribution in [2.24, 2.45) is 0 Å². The predicted molar refractivity (Wildman–Crippen MR) is 52.6 cm³/mol. The van der Waals surface area contributed by atoms with Crippen molar-refractivity contribution in [3.63, 3.8) is 0 Å². The van der Waals surface area contributed by atoms with Crippen LogP contribution in [0.1, 0.15) is 32.1 Å². The number of nitrogens with zero attached hydrogens (tertiary/aromatic N) is 1. The summed E-state index contributed by atoms with van der Waals surface area (Å²) in [5, 5.41) is 0. The summed E-state index contributed by atoms with van der Waals surface area (Å²) in [6.45, 7) is 1.96. The minimum atomic E-state index is 0.441. The highest BCUT2D eigenvalue weighted by Crippen LogP contribution is 2.19. The zero-order valence-corrected chi connectivity index (χ0v) is 8.04. The van der Waals surface area contributed by atoms with Crippen molar-refractivity contribution in [1.29, 1.82) is 0 Å². The highest BCUT2D eigenvalue weighted by Gasteiger charge is 2.22. The lowest BCUT2D eigenvalue weighted by Crippen LogP contribution is -2.41. The van der Waals surface area contributed by atoms with Gasteiger partial charge in [0.05, 0.1) is 0 Å². The third-order valence-corrected chi connectivity index (χ3v) is 3.05. The average Bonchev–Trinajstić information content (AvgIpc) is 2.20. The van der Waals surface area contributed by atoms with Gasteiger partial charge in [-0.2, -0.15) is 0 Å². The van der Waals surface area contributed by atoms with Crippen LogP contribution in [-0.2, 0) is 4.79 Å². The lowest BCUT2D eigenvalue weighted by atomic mass is 9.99. The number of hydrogen-bond acceptors (Lipinski definition) is 2. The molecule has 0 amide bonds. The second-order valence-corrected chi connectivity index (χ2v) is 4.00. The molecule has 1 atom stereocenters. The van der Waals surface area contributed by atoms with Crippen LogP contribution in [0.5, 0.6) is 0 Å². The molecule has 1 saturated heterocycles. The molecule has 0 spiro atoms. The minimum Gasteiger partial charge on any atom is -0.300 e. The van der Waals surface area contributed by atoms with Gasteiger partial charge in [-0.1, -0.05) is 12.2 Å². The lowest BCUT2D eigenvalue weighted by Gasteiger charge is -2.33. The van der Waals surface area contributed by atoms with E-state index in [1.54, 1.807) is 0 Å². The van der Waals surface area contributed by atoms with Crippen molar-refractivity contribution >= 4 is 5.78 Å². The monoisotopic (exact) mass is 179 g/mol. The van der Waals surface area contributed by atoms with Crippen LogP contribution in [0.4, 0.5) is 0 Å². The first-order valence-corrected chi connectivity index (χ1v) is 5.29. The van der Waals surface area contributed by atoms with Crippen LogP contribution in [0.3, 0.4) is 0 Å². The van der Waals surface area contributed by atoms with Gasteiger partial charge in [-0.05, 0) is 19.3 Å². The average molecular weight is 179 g/mol. The van der Waals surface area contributed by atoms with E-state index in [9.17, 15) is 4.79 Å². The molecule has 2 heteroatoms. The molecule has 0 aromatic rings. The number of allylic oxidation sites excluding steroid dienone is 1. The molecule has 0 radical (unpaired) electrons. The zero-order chi connectivity index (χ0) is 9.10. The first-order valence-electron chi connectivity index (χ1n) is 5.29. The van der Waals surface area contributed by atoms with Gasteiger partial charge in [0.15, 0.2) is 0 Å². The number of hydrogen-bond donors (Lipinski definition) is 0. The minimum absolute atomic E-state index is 0.441. The number of carbonyl (C=O) groups is 1. The quantitative estimate of drug-likeness (QED) is 0.572. The normalized spacial score (nSPS) is 30.8. The van der Waals surface area contributed by atoms with Crippen molar-refractivity contribution in [3.05, 3.63) is 12.2 Å². The van der Waals surface area contributed by atoms with Crippen LogP contribution in [0.25, 0.3) is 0 Å². The number of rotatable bonds is 1. The molecule has 1 unspecified atom stereocenters. The van der Waals surface area contributed by atoms with E-state index < -0.39 is 0 Å². The molecule has 2 rings (SSSR count). The second kappa shape index (κ2) is 4.05. The number of carbonyl (C=O) groups excluding carboxylic acids is 1. The van der Waals surface area contributed by atoms with E-state index in [1.165, 1.54) is 19.3 Å². The standard InChI is InChI=1S/C11H17NO/c13-11-6-8-12(9-7-11)10-4-2-1-3-5-10/h2,4,10H,1,3,5-9H2. The summed E-state index contributed by atoms with van der Waals surface area (Å²) in [5.74, 6) is 0.441. The van der Waals surface area contributed by atoms with E-state index in [0.717, 1.165) is 25.9 Å². The molecule has 0 N–H and O–H groups in total. The molecule has 1 fully saturated rings. The fraction of sp³-hybridized carbons (Fsp3) is 0.727. The molecule has 0 aromatic heterocycles. The summed E-state index contributed by atoms with van der Waals surface area (Å²) in [6, 6.07) is 0.627. The predicted octanol–water partition coefficient (Wildman–Crippen LogP) is 1.76. The zero-order valence-electron chi connectivity index (χ0n) is 8.04. The van der Waals surface area contributed by atoms with E-state index in [2.05, 4.69) is 17.1 Å². The summed E-state index contributed by atoms with van der Waals surface area (Å²) in [7, 11) is 0. The fourth-order valence-corrected chi connectivity index (χ4v) is 2.20. The number of Topliss-reactive ketones (excluding diaryl/α,β-unsaturated/α-hetero) is 1.